The van der Waals surface area contributed by atoms with Gasteiger partial charge in [-0.25, -0.2) is 4.79 Å². The summed E-state index contributed by atoms with van der Waals surface area (Å²) in [4.78, 5) is 12.5. The largest absolute Gasteiger partial charge is 0.496 e. The summed E-state index contributed by atoms with van der Waals surface area (Å²) in [6.45, 7) is 5.00. The SMILES string of the molecule is COc1ccc2ccccc2c1C(=O)OCCCCCCCC(C)C. The maximum Gasteiger partial charge on any atom is 0.342 e. The first-order valence-electron chi connectivity index (χ1n) is 9.36. The van der Waals surface area contributed by atoms with Gasteiger partial charge in [0.05, 0.1) is 13.7 Å². The van der Waals surface area contributed by atoms with Gasteiger partial charge in [0.2, 0.25) is 0 Å². The van der Waals surface area contributed by atoms with E-state index >= 15 is 0 Å². The molecule has 0 radical (unpaired) electrons. The van der Waals surface area contributed by atoms with E-state index in [9.17, 15) is 4.79 Å². The number of carbonyl (C=O) groups is 1. The molecule has 2 rings (SSSR count). The number of unbranched alkanes of at least 4 members (excludes halogenated alkanes) is 4. The molecule has 0 aliphatic heterocycles. The number of methoxy groups -OCH3 is 1. The summed E-state index contributed by atoms with van der Waals surface area (Å²) in [6, 6.07) is 11.6. The lowest BCUT2D eigenvalue weighted by molar-refractivity contribution is 0.0496. The van der Waals surface area contributed by atoms with Crippen LogP contribution in [0.3, 0.4) is 0 Å². The number of rotatable bonds is 10. The van der Waals surface area contributed by atoms with Crippen molar-refractivity contribution in [3.8, 4) is 5.75 Å². The minimum atomic E-state index is -0.298. The number of fused-ring (bicyclic) bond motifs is 1. The second-order valence-corrected chi connectivity index (χ2v) is 6.95. The monoisotopic (exact) mass is 342 g/mol. The topological polar surface area (TPSA) is 35.5 Å². The number of ether oxygens (including phenoxy) is 2. The second-order valence-electron chi connectivity index (χ2n) is 6.95. The predicted octanol–water partition coefficient (Wildman–Crippen LogP) is 6.00. The van der Waals surface area contributed by atoms with Crippen LogP contribution < -0.4 is 4.74 Å². The quantitative estimate of drug-likeness (QED) is 0.392. The Morgan fingerprint density at radius 2 is 1.68 bits per heavy atom. The van der Waals surface area contributed by atoms with Gasteiger partial charge in [-0.2, -0.15) is 0 Å². The molecule has 0 spiro atoms. The van der Waals surface area contributed by atoms with Gasteiger partial charge in [0.15, 0.2) is 0 Å². The van der Waals surface area contributed by atoms with Gasteiger partial charge < -0.3 is 9.47 Å². The molecule has 136 valence electrons. The summed E-state index contributed by atoms with van der Waals surface area (Å²) in [7, 11) is 1.58. The first-order chi connectivity index (χ1) is 12.1. The van der Waals surface area contributed by atoms with Crippen molar-refractivity contribution in [1.82, 2.24) is 0 Å². The summed E-state index contributed by atoms with van der Waals surface area (Å²) in [5, 5.41) is 1.89. The van der Waals surface area contributed by atoms with Crippen molar-refractivity contribution in [2.24, 2.45) is 5.92 Å². The number of hydrogen-bond donors (Lipinski definition) is 0. The minimum Gasteiger partial charge on any atom is -0.496 e. The molecule has 0 saturated carbocycles. The molecule has 0 aliphatic rings. The standard InChI is InChI=1S/C22H30O3/c1-17(2)11-7-5-4-6-10-16-25-22(23)21-19-13-9-8-12-18(19)14-15-20(21)24-3/h8-9,12-15,17H,4-7,10-11,16H2,1-3H3. The Kier molecular flexibility index (Phi) is 7.77. The highest BCUT2D eigenvalue weighted by Crippen LogP contribution is 2.28. The summed E-state index contributed by atoms with van der Waals surface area (Å²) < 4.78 is 10.9. The molecule has 0 aliphatic carbocycles. The number of carbonyl (C=O) groups excluding carboxylic acids is 1. The zero-order chi connectivity index (χ0) is 18.1. The molecule has 0 N–H and O–H groups in total. The molecular formula is C22H30O3. The van der Waals surface area contributed by atoms with Gasteiger partial charge in [0.1, 0.15) is 11.3 Å². The fourth-order valence-corrected chi connectivity index (χ4v) is 3.05. The average Bonchev–Trinajstić information content (AvgIpc) is 2.62. The molecule has 3 heteroatoms. The van der Waals surface area contributed by atoms with E-state index in [1.54, 1.807) is 7.11 Å². The lowest BCUT2D eigenvalue weighted by atomic mass is 10.0. The van der Waals surface area contributed by atoms with Crippen LogP contribution in [0.25, 0.3) is 10.8 Å². The average molecular weight is 342 g/mol. The summed E-state index contributed by atoms with van der Waals surface area (Å²) in [5.74, 6) is 1.06. The zero-order valence-corrected chi connectivity index (χ0v) is 15.7. The third kappa shape index (κ3) is 5.77. The minimum absolute atomic E-state index is 0.298. The smallest absolute Gasteiger partial charge is 0.342 e. The zero-order valence-electron chi connectivity index (χ0n) is 15.7. The summed E-state index contributed by atoms with van der Waals surface area (Å²) >= 11 is 0. The normalized spacial score (nSPS) is 11.0. The van der Waals surface area contributed by atoms with Crippen LogP contribution in [-0.4, -0.2) is 19.7 Å². The van der Waals surface area contributed by atoms with E-state index in [-0.39, 0.29) is 5.97 Å². The molecular weight excluding hydrogens is 312 g/mol. The second kappa shape index (κ2) is 10.1. The number of benzene rings is 2. The molecule has 0 amide bonds. The van der Waals surface area contributed by atoms with E-state index in [0.717, 1.165) is 29.5 Å². The summed E-state index contributed by atoms with van der Waals surface area (Å²) in [6.07, 6.45) is 7.10. The lowest BCUT2D eigenvalue weighted by Gasteiger charge is -2.12. The van der Waals surface area contributed by atoms with Gasteiger partial charge in [-0.1, -0.05) is 76.3 Å². The van der Waals surface area contributed by atoms with Crippen LogP contribution in [0.15, 0.2) is 36.4 Å². The van der Waals surface area contributed by atoms with E-state index in [0.29, 0.717) is 17.9 Å². The predicted molar refractivity (Wildman–Crippen MR) is 103 cm³/mol. The fourth-order valence-electron chi connectivity index (χ4n) is 3.05. The highest BCUT2D eigenvalue weighted by atomic mass is 16.5. The molecule has 3 nitrogen and oxygen atoms in total. The Morgan fingerprint density at radius 3 is 2.44 bits per heavy atom. The fraction of sp³-hybridized carbons (Fsp3) is 0.500. The maximum atomic E-state index is 12.5. The van der Waals surface area contributed by atoms with E-state index in [4.69, 9.17) is 9.47 Å². The number of esters is 1. The molecule has 0 bridgehead atoms. The van der Waals surface area contributed by atoms with Crippen molar-refractivity contribution in [2.75, 3.05) is 13.7 Å². The van der Waals surface area contributed by atoms with Crippen LogP contribution in [0, 0.1) is 5.92 Å². The highest BCUT2D eigenvalue weighted by molar-refractivity contribution is 6.07. The first kappa shape index (κ1) is 19.3. The Labute approximate surface area is 151 Å². The summed E-state index contributed by atoms with van der Waals surface area (Å²) in [5.41, 5.74) is 0.525. The third-order valence-electron chi connectivity index (χ3n) is 4.47. The van der Waals surface area contributed by atoms with E-state index in [2.05, 4.69) is 13.8 Å². The van der Waals surface area contributed by atoms with Gasteiger partial charge in [-0.3, -0.25) is 0 Å². The molecule has 2 aromatic rings. The van der Waals surface area contributed by atoms with Gasteiger partial charge >= 0.3 is 5.97 Å². The van der Waals surface area contributed by atoms with Crippen molar-refractivity contribution in [2.45, 2.75) is 52.4 Å². The highest BCUT2D eigenvalue weighted by Gasteiger charge is 2.17. The maximum absolute atomic E-state index is 12.5. The van der Waals surface area contributed by atoms with E-state index < -0.39 is 0 Å². The molecule has 0 atom stereocenters. The Morgan fingerprint density at radius 1 is 0.960 bits per heavy atom. The Balaban J connectivity index is 1.84. The van der Waals surface area contributed by atoms with Crippen molar-refractivity contribution in [3.05, 3.63) is 42.0 Å². The van der Waals surface area contributed by atoms with Gasteiger partial charge in [-0.15, -0.1) is 0 Å². The number of hydrogen-bond acceptors (Lipinski definition) is 3. The van der Waals surface area contributed by atoms with E-state index in [1.807, 2.05) is 36.4 Å². The van der Waals surface area contributed by atoms with Gasteiger partial charge in [-0.05, 0) is 29.2 Å². The third-order valence-corrected chi connectivity index (χ3v) is 4.47. The van der Waals surface area contributed by atoms with Crippen molar-refractivity contribution in [3.63, 3.8) is 0 Å². The molecule has 0 aromatic heterocycles. The molecule has 2 aromatic carbocycles. The van der Waals surface area contributed by atoms with Crippen LogP contribution in [0.1, 0.15) is 62.7 Å². The van der Waals surface area contributed by atoms with Crippen LogP contribution >= 0.6 is 0 Å². The van der Waals surface area contributed by atoms with Crippen molar-refractivity contribution in [1.29, 1.82) is 0 Å². The van der Waals surface area contributed by atoms with Gasteiger partial charge in [0.25, 0.3) is 0 Å². The lowest BCUT2D eigenvalue weighted by Crippen LogP contribution is -2.09. The van der Waals surface area contributed by atoms with Crippen LogP contribution in [0.2, 0.25) is 0 Å². The molecule has 0 fully saturated rings. The Bertz CT molecular complexity index is 676. The first-order valence-corrected chi connectivity index (χ1v) is 9.36. The Hall–Kier alpha value is -2.03. The molecule has 0 heterocycles. The van der Waals surface area contributed by atoms with Crippen LogP contribution in [0.4, 0.5) is 0 Å². The van der Waals surface area contributed by atoms with Crippen LogP contribution in [0.5, 0.6) is 5.75 Å². The van der Waals surface area contributed by atoms with E-state index in [1.165, 1.54) is 25.7 Å². The molecule has 0 saturated heterocycles. The van der Waals surface area contributed by atoms with Crippen molar-refractivity contribution >= 4 is 16.7 Å². The molecule has 0 unspecified atom stereocenters. The molecule has 25 heavy (non-hydrogen) atoms. The van der Waals surface area contributed by atoms with Gasteiger partial charge in [0, 0.05) is 0 Å². The van der Waals surface area contributed by atoms with Crippen LogP contribution in [-0.2, 0) is 4.74 Å². The van der Waals surface area contributed by atoms with Crippen molar-refractivity contribution < 1.29 is 14.3 Å².